The summed E-state index contributed by atoms with van der Waals surface area (Å²) in [4.78, 5) is 29.4. The lowest BCUT2D eigenvalue weighted by Crippen LogP contribution is -2.46. The zero-order valence-corrected chi connectivity index (χ0v) is 23.4. The molecule has 5 nitrogen and oxygen atoms in total. The van der Waals surface area contributed by atoms with Gasteiger partial charge >= 0.3 is 6.18 Å². The van der Waals surface area contributed by atoms with Crippen LogP contribution in [0.3, 0.4) is 0 Å². The second-order valence-corrected chi connectivity index (χ2v) is 11.3. The molecule has 8 heteroatoms. The van der Waals surface area contributed by atoms with Gasteiger partial charge in [-0.2, -0.15) is 13.2 Å². The molecule has 3 aromatic rings. The second kappa shape index (κ2) is 12.0. The number of piperidine rings is 1. The van der Waals surface area contributed by atoms with E-state index in [0.29, 0.717) is 31.0 Å². The molecule has 1 saturated carbocycles. The van der Waals surface area contributed by atoms with Crippen LogP contribution >= 0.6 is 0 Å². The van der Waals surface area contributed by atoms with Gasteiger partial charge in [0.2, 0.25) is 5.91 Å². The molecule has 2 fully saturated rings. The summed E-state index contributed by atoms with van der Waals surface area (Å²) in [6.45, 7) is 3.76. The van der Waals surface area contributed by atoms with E-state index in [1.165, 1.54) is 31.9 Å². The first kappa shape index (κ1) is 28.7. The fraction of sp³-hybridized carbons (Fsp3) is 0.394. The number of amides is 2. The highest BCUT2D eigenvalue weighted by Gasteiger charge is 2.40. The molecule has 1 aliphatic heterocycles. The average molecular weight is 564 g/mol. The normalized spacial score (nSPS) is 19.7. The summed E-state index contributed by atoms with van der Waals surface area (Å²) < 4.78 is 40.6. The van der Waals surface area contributed by atoms with Crippen LogP contribution in [0, 0.1) is 19.8 Å². The Morgan fingerprint density at radius 1 is 0.829 bits per heavy atom. The van der Waals surface area contributed by atoms with E-state index in [2.05, 4.69) is 10.6 Å². The van der Waals surface area contributed by atoms with E-state index in [9.17, 15) is 22.8 Å². The fourth-order valence-corrected chi connectivity index (χ4v) is 6.20. The first-order valence-corrected chi connectivity index (χ1v) is 14.3. The van der Waals surface area contributed by atoms with E-state index < -0.39 is 29.6 Å². The predicted molar refractivity (Wildman–Crippen MR) is 155 cm³/mol. The molecule has 2 N–H and O–H groups in total. The standard InChI is InChI=1S/C33H36F3N3O2/c1-21-8-3-6-11-27(21)32(41)39-19-7-12-28(31(40)38-26-16-13-22(2)29(20-26)33(34,35)36)30(39)23-14-17-25(18-15-23)37-24-9-4-5-10-24/h3,6,8,11,13-18,20,24,28,30,37H,4-5,7,9-10,12,19H2,1-2H3,(H,38,40)/t28?,30-/m0/s1. The zero-order valence-electron chi connectivity index (χ0n) is 23.4. The van der Waals surface area contributed by atoms with Gasteiger partial charge in [-0.1, -0.05) is 49.2 Å². The van der Waals surface area contributed by atoms with Gasteiger partial charge in [-0.25, -0.2) is 0 Å². The molecule has 1 heterocycles. The lowest BCUT2D eigenvalue weighted by molar-refractivity contribution is -0.138. The number of nitrogens with one attached hydrogen (secondary N) is 2. The van der Waals surface area contributed by atoms with Crippen molar-refractivity contribution in [2.45, 2.75) is 70.6 Å². The molecule has 41 heavy (non-hydrogen) atoms. The predicted octanol–water partition coefficient (Wildman–Crippen LogP) is 7.91. The van der Waals surface area contributed by atoms with Crippen LogP contribution in [0.25, 0.3) is 0 Å². The zero-order chi connectivity index (χ0) is 29.1. The summed E-state index contributed by atoms with van der Waals surface area (Å²) in [5.74, 6) is -1.20. The second-order valence-electron chi connectivity index (χ2n) is 11.3. The van der Waals surface area contributed by atoms with Gasteiger partial charge in [0, 0.05) is 29.5 Å². The minimum Gasteiger partial charge on any atom is -0.382 e. The number of carbonyl (C=O) groups excluding carboxylic acids is 2. The maximum Gasteiger partial charge on any atom is 0.416 e. The summed E-state index contributed by atoms with van der Waals surface area (Å²) in [7, 11) is 0. The van der Waals surface area contributed by atoms with Crippen molar-refractivity contribution < 1.29 is 22.8 Å². The SMILES string of the molecule is Cc1ccccc1C(=O)N1CCCC(C(=O)Nc2ccc(C)c(C(F)(F)F)c2)[C@@H]1c1ccc(NC2CCCC2)cc1. The molecule has 3 aromatic carbocycles. The molecule has 5 rings (SSSR count). The lowest BCUT2D eigenvalue weighted by Gasteiger charge is -2.41. The Labute approximate surface area is 239 Å². The van der Waals surface area contributed by atoms with Crippen LogP contribution in [0.1, 0.15) is 77.2 Å². The number of anilines is 2. The Morgan fingerprint density at radius 3 is 2.20 bits per heavy atom. The quantitative estimate of drug-likeness (QED) is 0.320. The fourth-order valence-electron chi connectivity index (χ4n) is 6.20. The Balaban J connectivity index is 1.46. The molecule has 0 bridgehead atoms. The number of rotatable bonds is 6. The highest BCUT2D eigenvalue weighted by molar-refractivity contribution is 5.98. The van der Waals surface area contributed by atoms with Crippen molar-refractivity contribution >= 4 is 23.2 Å². The van der Waals surface area contributed by atoms with Crippen LogP contribution < -0.4 is 10.6 Å². The molecule has 216 valence electrons. The molecular formula is C33H36F3N3O2. The third-order valence-electron chi connectivity index (χ3n) is 8.39. The topological polar surface area (TPSA) is 61.4 Å². The van der Waals surface area contributed by atoms with E-state index in [-0.39, 0.29) is 17.2 Å². The highest BCUT2D eigenvalue weighted by atomic mass is 19.4. The molecular weight excluding hydrogens is 527 g/mol. The number of hydrogen-bond donors (Lipinski definition) is 2. The molecule has 2 amide bonds. The maximum absolute atomic E-state index is 13.9. The van der Waals surface area contributed by atoms with Gasteiger partial charge in [0.05, 0.1) is 17.5 Å². The third kappa shape index (κ3) is 6.42. The van der Waals surface area contributed by atoms with E-state index in [1.807, 2.05) is 49.4 Å². The molecule has 0 aromatic heterocycles. The van der Waals surface area contributed by atoms with Crippen LogP contribution in [-0.4, -0.2) is 29.3 Å². The van der Waals surface area contributed by atoms with Crippen molar-refractivity contribution in [3.63, 3.8) is 0 Å². The minimum atomic E-state index is -4.52. The summed E-state index contributed by atoms with van der Waals surface area (Å²) in [6.07, 6.45) is 1.30. The lowest BCUT2D eigenvalue weighted by atomic mass is 9.83. The van der Waals surface area contributed by atoms with Gasteiger partial charge in [0.1, 0.15) is 0 Å². The molecule has 2 atom stereocenters. The number of hydrogen-bond acceptors (Lipinski definition) is 3. The van der Waals surface area contributed by atoms with E-state index in [4.69, 9.17) is 0 Å². The van der Waals surface area contributed by atoms with Gasteiger partial charge in [0.15, 0.2) is 0 Å². The molecule has 0 radical (unpaired) electrons. The third-order valence-corrected chi connectivity index (χ3v) is 8.39. The summed E-state index contributed by atoms with van der Waals surface area (Å²) in [6, 6.07) is 19.0. The Morgan fingerprint density at radius 2 is 1.51 bits per heavy atom. The number of benzene rings is 3. The van der Waals surface area contributed by atoms with Crippen LogP contribution in [-0.2, 0) is 11.0 Å². The molecule has 1 unspecified atom stereocenters. The molecule has 1 aliphatic carbocycles. The molecule has 1 saturated heterocycles. The number of alkyl halides is 3. The minimum absolute atomic E-state index is 0.0881. The summed E-state index contributed by atoms with van der Waals surface area (Å²) in [5.41, 5.74) is 2.64. The van der Waals surface area contributed by atoms with E-state index in [0.717, 1.165) is 35.7 Å². The number of carbonyl (C=O) groups is 2. The van der Waals surface area contributed by atoms with Crippen molar-refractivity contribution in [2.75, 3.05) is 17.2 Å². The van der Waals surface area contributed by atoms with Crippen molar-refractivity contribution in [2.24, 2.45) is 5.92 Å². The highest BCUT2D eigenvalue weighted by Crippen LogP contribution is 2.39. The Bertz CT molecular complexity index is 1400. The molecule has 2 aliphatic rings. The average Bonchev–Trinajstić information content (AvgIpc) is 3.46. The van der Waals surface area contributed by atoms with E-state index >= 15 is 0 Å². The smallest absolute Gasteiger partial charge is 0.382 e. The van der Waals surface area contributed by atoms with E-state index in [1.54, 1.807) is 11.0 Å². The van der Waals surface area contributed by atoms with Crippen LogP contribution in [0.2, 0.25) is 0 Å². The van der Waals surface area contributed by atoms with Crippen molar-refractivity contribution in [3.05, 3.63) is 94.5 Å². The maximum atomic E-state index is 13.9. The van der Waals surface area contributed by atoms with Gasteiger partial charge in [0.25, 0.3) is 5.91 Å². The summed E-state index contributed by atoms with van der Waals surface area (Å²) in [5, 5.41) is 6.31. The number of likely N-dealkylation sites (tertiary alicyclic amines) is 1. The van der Waals surface area contributed by atoms with Crippen LogP contribution in [0.4, 0.5) is 24.5 Å². The Hall–Kier alpha value is -3.81. The Kier molecular flexibility index (Phi) is 8.38. The number of aryl methyl sites for hydroxylation is 2. The van der Waals surface area contributed by atoms with Gasteiger partial charge in [-0.15, -0.1) is 0 Å². The van der Waals surface area contributed by atoms with Gasteiger partial charge in [-0.3, -0.25) is 9.59 Å². The van der Waals surface area contributed by atoms with Crippen LogP contribution in [0.5, 0.6) is 0 Å². The monoisotopic (exact) mass is 563 g/mol. The van der Waals surface area contributed by atoms with Gasteiger partial charge in [-0.05, 0) is 86.6 Å². The first-order chi connectivity index (χ1) is 19.6. The van der Waals surface area contributed by atoms with Crippen molar-refractivity contribution in [1.82, 2.24) is 4.90 Å². The van der Waals surface area contributed by atoms with Crippen LogP contribution in [0.15, 0.2) is 66.7 Å². The van der Waals surface area contributed by atoms with Crippen molar-refractivity contribution in [1.29, 1.82) is 0 Å². The van der Waals surface area contributed by atoms with Crippen molar-refractivity contribution in [3.8, 4) is 0 Å². The number of halogens is 3. The number of nitrogens with zero attached hydrogens (tertiary/aromatic N) is 1. The summed E-state index contributed by atoms with van der Waals surface area (Å²) >= 11 is 0. The van der Waals surface area contributed by atoms with Gasteiger partial charge < -0.3 is 15.5 Å². The molecule has 0 spiro atoms. The first-order valence-electron chi connectivity index (χ1n) is 14.3. The largest absolute Gasteiger partial charge is 0.416 e.